The molecule has 0 spiro atoms. The van der Waals surface area contributed by atoms with E-state index in [1.807, 2.05) is 0 Å². The standard InChI is InChI=1S/C11H13ClF3NO/c1-6(16)3-8-9(12)4-7(11(13,14)15)5-10(8)17-2/h4-6H,3,16H2,1-2H3. The van der Waals surface area contributed by atoms with Crippen LogP contribution < -0.4 is 10.5 Å². The van der Waals surface area contributed by atoms with Gasteiger partial charge in [-0.05, 0) is 25.5 Å². The van der Waals surface area contributed by atoms with Crippen LogP contribution in [0.25, 0.3) is 0 Å². The molecule has 1 unspecified atom stereocenters. The van der Waals surface area contributed by atoms with Crippen LogP contribution in [0.4, 0.5) is 13.2 Å². The van der Waals surface area contributed by atoms with E-state index in [9.17, 15) is 13.2 Å². The van der Waals surface area contributed by atoms with Gasteiger partial charge in [-0.3, -0.25) is 0 Å². The Morgan fingerprint density at radius 2 is 2.00 bits per heavy atom. The molecule has 1 aromatic rings. The summed E-state index contributed by atoms with van der Waals surface area (Å²) in [6.45, 7) is 1.74. The van der Waals surface area contributed by atoms with E-state index in [1.165, 1.54) is 7.11 Å². The maximum atomic E-state index is 12.5. The van der Waals surface area contributed by atoms with E-state index in [1.54, 1.807) is 6.92 Å². The first-order valence-corrected chi connectivity index (χ1v) is 5.32. The number of rotatable bonds is 3. The lowest BCUT2D eigenvalue weighted by atomic mass is 10.0. The molecule has 6 heteroatoms. The predicted molar refractivity (Wildman–Crippen MR) is 60.4 cm³/mol. The van der Waals surface area contributed by atoms with Crippen molar-refractivity contribution in [2.45, 2.75) is 25.6 Å². The van der Waals surface area contributed by atoms with Gasteiger partial charge in [0.1, 0.15) is 5.75 Å². The normalized spacial score (nSPS) is 13.6. The quantitative estimate of drug-likeness (QED) is 0.912. The van der Waals surface area contributed by atoms with Crippen LogP contribution in [0.15, 0.2) is 12.1 Å². The number of halogens is 4. The molecule has 0 aromatic heterocycles. The van der Waals surface area contributed by atoms with Gasteiger partial charge >= 0.3 is 6.18 Å². The minimum Gasteiger partial charge on any atom is -0.496 e. The summed E-state index contributed by atoms with van der Waals surface area (Å²) in [4.78, 5) is 0. The number of ether oxygens (including phenoxy) is 1. The van der Waals surface area contributed by atoms with Gasteiger partial charge < -0.3 is 10.5 Å². The fraction of sp³-hybridized carbons (Fsp3) is 0.455. The molecule has 2 N–H and O–H groups in total. The lowest BCUT2D eigenvalue weighted by Crippen LogP contribution is -2.19. The van der Waals surface area contributed by atoms with E-state index in [4.69, 9.17) is 22.1 Å². The average molecular weight is 268 g/mol. The molecule has 0 bridgehead atoms. The molecule has 17 heavy (non-hydrogen) atoms. The molecule has 0 radical (unpaired) electrons. The molecule has 0 saturated carbocycles. The Balaban J connectivity index is 3.26. The molecule has 96 valence electrons. The van der Waals surface area contributed by atoms with Crippen LogP contribution in [0.2, 0.25) is 5.02 Å². The van der Waals surface area contributed by atoms with Crippen LogP contribution in [0, 0.1) is 0 Å². The number of nitrogens with two attached hydrogens (primary N) is 1. The molecule has 0 amide bonds. The number of hydrogen-bond donors (Lipinski definition) is 1. The number of hydrogen-bond acceptors (Lipinski definition) is 2. The van der Waals surface area contributed by atoms with Gasteiger partial charge in [0.05, 0.1) is 12.7 Å². The summed E-state index contributed by atoms with van der Waals surface area (Å²) < 4.78 is 42.5. The third-order valence-corrected chi connectivity index (χ3v) is 2.57. The van der Waals surface area contributed by atoms with Gasteiger partial charge in [0.25, 0.3) is 0 Å². The van der Waals surface area contributed by atoms with E-state index in [2.05, 4.69) is 0 Å². The molecular weight excluding hydrogens is 255 g/mol. The van der Waals surface area contributed by atoms with Crippen molar-refractivity contribution in [3.05, 3.63) is 28.3 Å². The van der Waals surface area contributed by atoms with Crippen LogP contribution in [-0.4, -0.2) is 13.2 Å². The predicted octanol–water partition coefficient (Wildman–Crippen LogP) is 3.26. The van der Waals surface area contributed by atoms with Crippen molar-refractivity contribution in [3.8, 4) is 5.75 Å². The maximum Gasteiger partial charge on any atom is 0.416 e. The first-order chi connectivity index (χ1) is 7.75. The first kappa shape index (κ1) is 14.1. The van der Waals surface area contributed by atoms with Gasteiger partial charge in [0.2, 0.25) is 0 Å². The summed E-state index contributed by atoms with van der Waals surface area (Å²) in [7, 11) is 1.30. The second kappa shape index (κ2) is 5.14. The summed E-state index contributed by atoms with van der Waals surface area (Å²) in [6.07, 6.45) is -4.08. The Hall–Kier alpha value is -0.940. The zero-order chi connectivity index (χ0) is 13.2. The van der Waals surface area contributed by atoms with E-state index >= 15 is 0 Å². The maximum absolute atomic E-state index is 12.5. The highest BCUT2D eigenvalue weighted by Crippen LogP contribution is 2.37. The lowest BCUT2D eigenvalue weighted by Gasteiger charge is -2.15. The number of alkyl halides is 3. The van der Waals surface area contributed by atoms with E-state index in [-0.39, 0.29) is 16.8 Å². The van der Waals surface area contributed by atoms with Crippen LogP contribution >= 0.6 is 11.6 Å². The molecule has 0 aliphatic heterocycles. The summed E-state index contributed by atoms with van der Waals surface area (Å²) in [5, 5.41) is 0.0222. The van der Waals surface area contributed by atoms with E-state index in [0.29, 0.717) is 12.0 Å². The van der Waals surface area contributed by atoms with Crippen molar-refractivity contribution in [1.82, 2.24) is 0 Å². The van der Waals surface area contributed by atoms with Crippen molar-refractivity contribution in [3.63, 3.8) is 0 Å². The Morgan fingerprint density at radius 3 is 2.41 bits per heavy atom. The van der Waals surface area contributed by atoms with Gasteiger partial charge in [0, 0.05) is 16.6 Å². The Labute approximate surface area is 103 Å². The SMILES string of the molecule is COc1cc(C(F)(F)F)cc(Cl)c1CC(C)N. The molecule has 1 atom stereocenters. The summed E-state index contributed by atoms with van der Waals surface area (Å²) in [5.74, 6) is 0.113. The third kappa shape index (κ3) is 3.51. The molecule has 2 nitrogen and oxygen atoms in total. The largest absolute Gasteiger partial charge is 0.496 e. The molecule has 1 aromatic carbocycles. The van der Waals surface area contributed by atoms with Crippen LogP contribution in [-0.2, 0) is 12.6 Å². The first-order valence-electron chi connectivity index (χ1n) is 4.95. The monoisotopic (exact) mass is 267 g/mol. The van der Waals surface area contributed by atoms with Gasteiger partial charge in [-0.1, -0.05) is 11.6 Å². The summed E-state index contributed by atoms with van der Waals surface area (Å²) in [5.41, 5.74) is 5.28. The Bertz CT molecular complexity index is 404. The van der Waals surface area contributed by atoms with Crippen LogP contribution in [0.1, 0.15) is 18.1 Å². The molecule has 0 aliphatic carbocycles. The molecule has 0 aliphatic rings. The van der Waals surface area contributed by atoms with Crippen molar-refractivity contribution >= 4 is 11.6 Å². The van der Waals surface area contributed by atoms with Crippen LogP contribution in [0.5, 0.6) is 5.75 Å². The van der Waals surface area contributed by atoms with E-state index < -0.39 is 11.7 Å². The fourth-order valence-corrected chi connectivity index (χ4v) is 1.77. The zero-order valence-corrected chi connectivity index (χ0v) is 10.2. The highest BCUT2D eigenvalue weighted by Gasteiger charge is 2.32. The van der Waals surface area contributed by atoms with Crippen molar-refractivity contribution in [1.29, 1.82) is 0 Å². The third-order valence-electron chi connectivity index (χ3n) is 2.23. The lowest BCUT2D eigenvalue weighted by molar-refractivity contribution is -0.137. The highest BCUT2D eigenvalue weighted by molar-refractivity contribution is 6.31. The molecular formula is C11H13ClF3NO. The number of benzene rings is 1. The molecule has 1 rings (SSSR count). The zero-order valence-electron chi connectivity index (χ0n) is 9.44. The van der Waals surface area contributed by atoms with Gasteiger partial charge in [-0.15, -0.1) is 0 Å². The topological polar surface area (TPSA) is 35.2 Å². The van der Waals surface area contributed by atoms with Gasteiger partial charge in [0.15, 0.2) is 0 Å². The van der Waals surface area contributed by atoms with E-state index in [0.717, 1.165) is 12.1 Å². The van der Waals surface area contributed by atoms with Crippen molar-refractivity contribution in [2.24, 2.45) is 5.73 Å². The second-order valence-corrected chi connectivity index (χ2v) is 4.23. The smallest absolute Gasteiger partial charge is 0.416 e. The molecule has 0 saturated heterocycles. The van der Waals surface area contributed by atoms with Crippen LogP contribution in [0.3, 0.4) is 0 Å². The van der Waals surface area contributed by atoms with Gasteiger partial charge in [-0.25, -0.2) is 0 Å². The number of methoxy groups -OCH3 is 1. The molecule has 0 heterocycles. The Morgan fingerprint density at radius 1 is 1.41 bits per heavy atom. The highest BCUT2D eigenvalue weighted by atomic mass is 35.5. The van der Waals surface area contributed by atoms with Gasteiger partial charge in [-0.2, -0.15) is 13.2 Å². The minimum atomic E-state index is -4.44. The summed E-state index contributed by atoms with van der Waals surface area (Å²) in [6, 6.07) is 1.61. The molecule has 0 fully saturated rings. The summed E-state index contributed by atoms with van der Waals surface area (Å²) >= 11 is 5.83. The van der Waals surface area contributed by atoms with Crippen molar-refractivity contribution < 1.29 is 17.9 Å². The Kier molecular flexibility index (Phi) is 4.27. The minimum absolute atomic E-state index is 0.0222. The second-order valence-electron chi connectivity index (χ2n) is 3.82. The fourth-order valence-electron chi connectivity index (χ4n) is 1.48. The van der Waals surface area contributed by atoms with Crippen molar-refractivity contribution in [2.75, 3.05) is 7.11 Å². The average Bonchev–Trinajstić information content (AvgIpc) is 2.18.